The van der Waals surface area contributed by atoms with Crippen molar-refractivity contribution < 1.29 is 18.0 Å². The van der Waals surface area contributed by atoms with Crippen LogP contribution in [0.4, 0.5) is 13.2 Å². The lowest BCUT2D eigenvalue weighted by molar-refractivity contribution is -0.176. The van der Waals surface area contributed by atoms with Gasteiger partial charge in [-0.05, 0) is 37.7 Å². The van der Waals surface area contributed by atoms with Gasteiger partial charge >= 0.3 is 6.18 Å². The first kappa shape index (κ1) is 15.3. The molecule has 0 spiro atoms. The average molecular weight is 262 g/mol. The molecule has 0 aromatic rings. The van der Waals surface area contributed by atoms with Crippen LogP contribution in [0, 0.1) is 11.8 Å². The summed E-state index contributed by atoms with van der Waals surface area (Å²) in [7, 11) is 0. The highest BCUT2D eigenvalue weighted by Gasteiger charge is 2.41. The fourth-order valence-corrected chi connectivity index (χ4v) is 2.52. The molecule has 0 aromatic carbocycles. The van der Waals surface area contributed by atoms with Gasteiger partial charge in [-0.2, -0.15) is 13.2 Å². The first-order valence-electron chi connectivity index (χ1n) is 6.70. The number of allylic oxidation sites excluding steroid dienone is 2. The van der Waals surface area contributed by atoms with E-state index >= 15 is 0 Å². The Kier molecular flexibility index (Phi) is 5.42. The van der Waals surface area contributed by atoms with Gasteiger partial charge in [0.2, 0.25) is 0 Å². The number of hydrogen-bond acceptors (Lipinski definition) is 1. The second kappa shape index (κ2) is 6.39. The Morgan fingerprint density at radius 1 is 1.44 bits per heavy atom. The normalized spacial score (nSPS) is 22.5. The smallest absolute Gasteiger partial charge is 0.294 e. The van der Waals surface area contributed by atoms with E-state index in [-0.39, 0.29) is 24.5 Å². The largest absolute Gasteiger partial charge is 0.392 e. The molecule has 0 fully saturated rings. The highest BCUT2D eigenvalue weighted by Crippen LogP contribution is 2.38. The molecular weight excluding hydrogens is 241 g/mol. The molecule has 1 nitrogen and oxygen atoms in total. The van der Waals surface area contributed by atoms with Crippen molar-refractivity contribution in [3.63, 3.8) is 0 Å². The summed E-state index contributed by atoms with van der Waals surface area (Å²) in [5, 5.41) is 0. The molecule has 0 heterocycles. The van der Waals surface area contributed by atoms with Crippen molar-refractivity contribution in [2.45, 2.75) is 58.5 Å². The molecule has 0 amide bonds. The number of carbonyl (C=O) groups excluding carboxylic acids is 1. The lowest BCUT2D eigenvalue weighted by atomic mass is 9.81. The predicted octanol–water partition coefficient (Wildman–Crippen LogP) is 4.67. The van der Waals surface area contributed by atoms with Gasteiger partial charge < -0.3 is 0 Å². The van der Waals surface area contributed by atoms with Gasteiger partial charge in [-0.25, -0.2) is 0 Å². The third-order valence-electron chi connectivity index (χ3n) is 3.65. The summed E-state index contributed by atoms with van der Waals surface area (Å²) in [6, 6.07) is 0. The van der Waals surface area contributed by atoms with Crippen molar-refractivity contribution in [2.24, 2.45) is 11.8 Å². The fraction of sp³-hybridized carbons (Fsp3) is 0.786. The van der Waals surface area contributed by atoms with Crippen LogP contribution in [-0.2, 0) is 4.79 Å². The second-order valence-electron chi connectivity index (χ2n) is 5.01. The molecule has 1 aliphatic carbocycles. The zero-order valence-corrected chi connectivity index (χ0v) is 11.0. The molecule has 4 heteroatoms. The van der Waals surface area contributed by atoms with Crippen LogP contribution < -0.4 is 0 Å². The summed E-state index contributed by atoms with van der Waals surface area (Å²) in [4.78, 5) is 12.2. The summed E-state index contributed by atoms with van der Waals surface area (Å²) in [6.07, 6.45) is 0.265. The Morgan fingerprint density at radius 3 is 2.61 bits per heavy atom. The van der Waals surface area contributed by atoms with Crippen LogP contribution in [0.1, 0.15) is 52.4 Å². The maximum atomic E-state index is 12.7. The number of halogens is 3. The van der Waals surface area contributed by atoms with E-state index in [1.54, 1.807) is 6.08 Å². The Hall–Kier alpha value is -0.800. The van der Waals surface area contributed by atoms with Gasteiger partial charge in [0.05, 0.1) is 5.92 Å². The molecule has 0 saturated carbocycles. The lowest BCUT2D eigenvalue weighted by Gasteiger charge is -2.26. The minimum atomic E-state index is -4.17. The topological polar surface area (TPSA) is 17.1 Å². The van der Waals surface area contributed by atoms with Gasteiger partial charge in [0.15, 0.2) is 5.78 Å². The Labute approximate surface area is 106 Å². The first-order valence-corrected chi connectivity index (χ1v) is 6.70. The minimum absolute atomic E-state index is 0.0618. The SMILES string of the molecule is CCCC(CC)C(=O)C1=CCCC(C(F)(F)F)C1. The molecule has 0 saturated heterocycles. The van der Waals surface area contributed by atoms with Crippen molar-refractivity contribution in [2.75, 3.05) is 0 Å². The van der Waals surface area contributed by atoms with E-state index in [4.69, 9.17) is 0 Å². The lowest BCUT2D eigenvalue weighted by Crippen LogP contribution is -2.28. The van der Waals surface area contributed by atoms with Crippen molar-refractivity contribution >= 4 is 5.78 Å². The van der Waals surface area contributed by atoms with Gasteiger partial charge in [-0.3, -0.25) is 4.79 Å². The molecular formula is C14H21F3O. The monoisotopic (exact) mass is 262 g/mol. The van der Waals surface area contributed by atoms with E-state index in [0.29, 0.717) is 18.4 Å². The van der Waals surface area contributed by atoms with Crippen molar-refractivity contribution in [1.29, 1.82) is 0 Å². The number of rotatable bonds is 5. The highest BCUT2D eigenvalue weighted by atomic mass is 19.4. The molecule has 1 rings (SSSR count). The molecule has 1 aliphatic rings. The average Bonchev–Trinajstić information content (AvgIpc) is 2.34. The highest BCUT2D eigenvalue weighted by molar-refractivity contribution is 5.97. The van der Waals surface area contributed by atoms with Crippen molar-refractivity contribution in [3.05, 3.63) is 11.6 Å². The molecule has 104 valence electrons. The predicted molar refractivity (Wildman–Crippen MR) is 65.2 cm³/mol. The van der Waals surface area contributed by atoms with Gasteiger partial charge in [0, 0.05) is 5.92 Å². The van der Waals surface area contributed by atoms with Crippen LogP contribution >= 0.6 is 0 Å². The number of Topliss-reactive ketones (excluding diaryl/α,β-unsaturated/α-hetero) is 1. The third-order valence-corrected chi connectivity index (χ3v) is 3.65. The third kappa shape index (κ3) is 3.85. The van der Waals surface area contributed by atoms with Gasteiger partial charge in [-0.15, -0.1) is 0 Å². The summed E-state index contributed by atoms with van der Waals surface area (Å²) < 4.78 is 38.0. The number of hydrogen-bond donors (Lipinski definition) is 0. The van der Waals surface area contributed by atoms with E-state index in [1.807, 2.05) is 13.8 Å². The van der Waals surface area contributed by atoms with E-state index in [1.165, 1.54) is 0 Å². The maximum Gasteiger partial charge on any atom is 0.392 e. The molecule has 18 heavy (non-hydrogen) atoms. The first-order chi connectivity index (χ1) is 8.40. The molecule has 0 N–H and O–H groups in total. The van der Waals surface area contributed by atoms with Crippen LogP contribution in [0.15, 0.2) is 11.6 Å². The molecule has 0 radical (unpaired) electrons. The van der Waals surface area contributed by atoms with E-state index in [2.05, 4.69) is 0 Å². The zero-order valence-electron chi connectivity index (χ0n) is 11.0. The number of carbonyl (C=O) groups is 1. The van der Waals surface area contributed by atoms with Crippen molar-refractivity contribution in [1.82, 2.24) is 0 Å². The minimum Gasteiger partial charge on any atom is -0.294 e. The molecule has 0 bridgehead atoms. The molecule has 2 atom stereocenters. The standard InChI is InChI=1S/C14H21F3O/c1-3-6-10(4-2)13(18)11-7-5-8-12(9-11)14(15,16)17/h7,10,12H,3-6,8-9H2,1-2H3. The summed E-state index contributed by atoms with van der Waals surface area (Å²) in [6.45, 7) is 3.91. The van der Waals surface area contributed by atoms with Crippen LogP contribution in [0.5, 0.6) is 0 Å². The second-order valence-corrected chi connectivity index (χ2v) is 5.01. The Balaban J connectivity index is 2.72. The molecule has 0 aliphatic heterocycles. The number of alkyl halides is 3. The fourth-order valence-electron chi connectivity index (χ4n) is 2.52. The van der Waals surface area contributed by atoms with E-state index in [0.717, 1.165) is 12.8 Å². The Morgan fingerprint density at radius 2 is 2.11 bits per heavy atom. The summed E-state index contributed by atoms with van der Waals surface area (Å²) >= 11 is 0. The van der Waals surface area contributed by atoms with Crippen LogP contribution in [0.25, 0.3) is 0 Å². The maximum absolute atomic E-state index is 12.7. The van der Waals surface area contributed by atoms with Gasteiger partial charge in [0.25, 0.3) is 0 Å². The number of ketones is 1. The summed E-state index contributed by atoms with van der Waals surface area (Å²) in [5.41, 5.74) is 0.406. The Bertz CT molecular complexity index is 317. The van der Waals surface area contributed by atoms with Crippen LogP contribution in [0.2, 0.25) is 0 Å². The summed E-state index contributed by atoms with van der Waals surface area (Å²) in [5.74, 6) is -1.50. The van der Waals surface area contributed by atoms with E-state index < -0.39 is 12.1 Å². The van der Waals surface area contributed by atoms with Gasteiger partial charge in [-0.1, -0.05) is 26.3 Å². The van der Waals surface area contributed by atoms with Crippen molar-refractivity contribution in [3.8, 4) is 0 Å². The van der Waals surface area contributed by atoms with Crippen LogP contribution in [0.3, 0.4) is 0 Å². The van der Waals surface area contributed by atoms with Crippen LogP contribution in [-0.4, -0.2) is 12.0 Å². The van der Waals surface area contributed by atoms with Gasteiger partial charge in [0.1, 0.15) is 0 Å². The zero-order chi connectivity index (χ0) is 13.8. The quantitative estimate of drug-likeness (QED) is 0.703. The molecule has 2 unspecified atom stereocenters. The molecule has 0 aromatic heterocycles. The van der Waals surface area contributed by atoms with E-state index in [9.17, 15) is 18.0 Å².